The highest BCUT2D eigenvalue weighted by Crippen LogP contribution is 2.28. The van der Waals surface area contributed by atoms with Crippen molar-refractivity contribution in [2.75, 3.05) is 13.1 Å². The van der Waals surface area contributed by atoms with Gasteiger partial charge in [-0.1, -0.05) is 0 Å². The van der Waals surface area contributed by atoms with Crippen LogP contribution in [0.25, 0.3) is 11.2 Å². The zero-order valence-electron chi connectivity index (χ0n) is 14.4. The van der Waals surface area contributed by atoms with Gasteiger partial charge in [-0.15, -0.1) is 0 Å². The van der Waals surface area contributed by atoms with Gasteiger partial charge in [0, 0.05) is 25.3 Å². The van der Waals surface area contributed by atoms with Crippen molar-refractivity contribution in [1.82, 2.24) is 19.4 Å². The summed E-state index contributed by atoms with van der Waals surface area (Å²) in [6.07, 6.45) is 3.04. The fourth-order valence-electron chi connectivity index (χ4n) is 3.10. The molecule has 0 spiro atoms. The van der Waals surface area contributed by atoms with Gasteiger partial charge in [-0.2, -0.15) is 0 Å². The highest BCUT2D eigenvalue weighted by atomic mass is 16.6. The van der Waals surface area contributed by atoms with Gasteiger partial charge < -0.3 is 19.3 Å². The van der Waals surface area contributed by atoms with Gasteiger partial charge in [-0.05, 0) is 45.7 Å². The first kappa shape index (κ1) is 16.7. The molecule has 1 N–H and O–H groups in total. The molecule has 0 aliphatic carbocycles. The predicted octanol–water partition coefficient (Wildman–Crippen LogP) is 2.50. The molecule has 0 radical (unpaired) electrons. The number of amides is 1. The van der Waals surface area contributed by atoms with Crippen molar-refractivity contribution >= 4 is 17.3 Å². The minimum atomic E-state index is -0.484. The molecule has 24 heavy (non-hydrogen) atoms. The third-order valence-corrected chi connectivity index (χ3v) is 4.14. The zero-order valence-corrected chi connectivity index (χ0v) is 14.4. The maximum atomic E-state index is 12.2. The monoisotopic (exact) mass is 332 g/mol. The van der Waals surface area contributed by atoms with Crippen LogP contribution in [0.4, 0.5) is 4.79 Å². The van der Waals surface area contributed by atoms with Gasteiger partial charge in [-0.3, -0.25) is 0 Å². The number of piperidine rings is 1. The van der Waals surface area contributed by atoms with E-state index in [9.17, 15) is 9.90 Å². The summed E-state index contributed by atoms with van der Waals surface area (Å²) in [5, 5.41) is 9.62. The molecule has 1 fully saturated rings. The fraction of sp³-hybridized carbons (Fsp3) is 0.588. The van der Waals surface area contributed by atoms with Gasteiger partial charge in [0.25, 0.3) is 0 Å². The van der Waals surface area contributed by atoms with E-state index in [0.717, 1.165) is 24.0 Å². The predicted molar refractivity (Wildman–Crippen MR) is 89.5 cm³/mol. The minimum absolute atomic E-state index is 0.122. The van der Waals surface area contributed by atoms with Crippen molar-refractivity contribution in [1.29, 1.82) is 0 Å². The van der Waals surface area contributed by atoms with Gasteiger partial charge in [0.2, 0.25) is 0 Å². The summed E-state index contributed by atoms with van der Waals surface area (Å²) >= 11 is 0. The average molecular weight is 332 g/mol. The molecule has 2 aromatic rings. The number of nitrogens with zero attached hydrogens (tertiary/aromatic N) is 4. The molecule has 1 aliphatic rings. The van der Waals surface area contributed by atoms with Gasteiger partial charge >= 0.3 is 6.09 Å². The van der Waals surface area contributed by atoms with E-state index >= 15 is 0 Å². The summed E-state index contributed by atoms with van der Waals surface area (Å²) in [5.41, 5.74) is 1.09. The van der Waals surface area contributed by atoms with E-state index in [-0.39, 0.29) is 18.7 Å². The summed E-state index contributed by atoms with van der Waals surface area (Å²) < 4.78 is 7.45. The van der Waals surface area contributed by atoms with E-state index in [1.165, 1.54) is 0 Å². The lowest BCUT2D eigenvalue weighted by atomic mass is 10.0. The van der Waals surface area contributed by atoms with Crippen LogP contribution in [0, 0.1) is 0 Å². The lowest BCUT2D eigenvalue weighted by Gasteiger charge is -2.34. The van der Waals surface area contributed by atoms with Crippen LogP contribution in [-0.2, 0) is 11.3 Å². The molecular formula is C17H24N4O3. The van der Waals surface area contributed by atoms with Crippen molar-refractivity contribution in [3.63, 3.8) is 0 Å². The lowest BCUT2D eigenvalue weighted by Crippen LogP contribution is -2.42. The quantitative estimate of drug-likeness (QED) is 0.914. The van der Waals surface area contributed by atoms with Crippen molar-refractivity contribution in [2.45, 2.75) is 51.9 Å². The number of ether oxygens (including phenoxy) is 1. The number of carbonyl (C=O) groups is 1. The standard InChI is InChI=1S/C17H24N4O3/c1-17(2,3)24-16(23)20-9-6-12(7-10-20)21-14(11-22)19-13-5-4-8-18-15(13)21/h4-5,8,12,22H,6-7,9-11H2,1-3H3. The summed E-state index contributed by atoms with van der Waals surface area (Å²) in [6.45, 7) is 6.73. The normalized spacial score (nSPS) is 16.6. The van der Waals surface area contributed by atoms with E-state index < -0.39 is 5.60 Å². The molecular weight excluding hydrogens is 308 g/mol. The van der Waals surface area contributed by atoms with E-state index in [1.807, 2.05) is 37.5 Å². The van der Waals surface area contributed by atoms with Crippen molar-refractivity contribution in [2.24, 2.45) is 0 Å². The maximum absolute atomic E-state index is 12.2. The molecule has 7 nitrogen and oxygen atoms in total. The van der Waals surface area contributed by atoms with E-state index in [0.29, 0.717) is 18.9 Å². The smallest absolute Gasteiger partial charge is 0.410 e. The van der Waals surface area contributed by atoms with Crippen LogP contribution < -0.4 is 0 Å². The Morgan fingerprint density at radius 2 is 2.08 bits per heavy atom. The number of fused-ring (bicyclic) bond motifs is 1. The molecule has 1 saturated heterocycles. The second-order valence-corrected chi connectivity index (χ2v) is 7.10. The Balaban J connectivity index is 1.74. The first-order valence-corrected chi connectivity index (χ1v) is 8.29. The number of rotatable bonds is 2. The summed E-state index contributed by atoms with van der Waals surface area (Å²) in [7, 11) is 0. The Morgan fingerprint density at radius 1 is 1.38 bits per heavy atom. The Kier molecular flexibility index (Phi) is 4.45. The van der Waals surface area contributed by atoms with Crippen LogP contribution >= 0.6 is 0 Å². The molecule has 7 heteroatoms. The van der Waals surface area contributed by atoms with Gasteiger partial charge in [0.05, 0.1) is 0 Å². The van der Waals surface area contributed by atoms with E-state index in [2.05, 4.69) is 9.97 Å². The molecule has 3 heterocycles. The van der Waals surface area contributed by atoms with Crippen LogP contribution in [0.2, 0.25) is 0 Å². The maximum Gasteiger partial charge on any atom is 0.410 e. The van der Waals surface area contributed by atoms with Crippen LogP contribution in [0.15, 0.2) is 18.3 Å². The molecule has 2 aromatic heterocycles. The number of likely N-dealkylation sites (tertiary alicyclic amines) is 1. The molecule has 1 amide bonds. The topological polar surface area (TPSA) is 80.5 Å². The first-order chi connectivity index (χ1) is 11.4. The molecule has 130 valence electrons. The largest absolute Gasteiger partial charge is 0.444 e. The Bertz CT molecular complexity index is 727. The third-order valence-electron chi connectivity index (χ3n) is 4.14. The average Bonchev–Trinajstić information content (AvgIpc) is 2.92. The van der Waals surface area contributed by atoms with Crippen molar-refractivity contribution < 1.29 is 14.6 Å². The molecule has 0 bridgehead atoms. The molecule has 3 rings (SSSR count). The van der Waals surface area contributed by atoms with Gasteiger partial charge in [0.1, 0.15) is 23.5 Å². The van der Waals surface area contributed by atoms with Gasteiger partial charge in [0.15, 0.2) is 5.65 Å². The van der Waals surface area contributed by atoms with Crippen LogP contribution in [0.1, 0.15) is 45.5 Å². The SMILES string of the molecule is CC(C)(C)OC(=O)N1CCC(n2c(CO)nc3cccnc32)CC1. The number of aliphatic hydroxyl groups excluding tert-OH is 1. The number of hydrogen-bond donors (Lipinski definition) is 1. The number of aliphatic hydroxyl groups is 1. The van der Waals surface area contributed by atoms with Crippen LogP contribution in [-0.4, -0.2) is 49.3 Å². The molecule has 0 atom stereocenters. The fourth-order valence-corrected chi connectivity index (χ4v) is 3.10. The third kappa shape index (κ3) is 3.36. The number of aromatic nitrogens is 3. The first-order valence-electron chi connectivity index (χ1n) is 8.29. The second-order valence-electron chi connectivity index (χ2n) is 7.10. The Labute approximate surface area is 141 Å². The Morgan fingerprint density at radius 3 is 2.71 bits per heavy atom. The summed E-state index contributed by atoms with van der Waals surface area (Å²) in [5.74, 6) is 0.624. The second kappa shape index (κ2) is 6.39. The van der Waals surface area contributed by atoms with Crippen molar-refractivity contribution in [3.8, 4) is 0 Å². The molecule has 0 saturated carbocycles. The molecule has 0 unspecified atom stereocenters. The Hall–Kier alpha value is -2.15. The van der Waals surface area contributed by atoms with Crippen LogP contribution in [0.5, 0.6) is 0 Å². The van der Waals surface area contributed by atoms with Crippen LogP contribution in [0.3, 0.4) is 0 Å². The van der Waals surface area contributed by atoms with E-state index in [4.69, 9.17) is 4.74 Å². The number of pyridine rings is 1. The number of carbonyl (C=O) groups excluding carboxylic acids is 1. The summed E-state index contributed by atoms with van der Waals surface area (Å²) in [4.78, 5) is 22.8. The van der Waals surface area contributed by atoms with Crippen molar-refractivity contribution in [3.05, 3.63) is 24.2 Å². The highest BCUT2D eigenvalue weighted by Gasteiger charge is 2.29. The molecule has 0 aromatic carbocycles. The molecule has 1 aliphatic heterocycles. The summed E-state index contributed by atoms with van der Waals surface area (Å²) in [6, 6.07) is 3.91. The van der Waals surface area contributed by atoms with E-state index in [1.54, 1.807) is 11.1 Å². The minimum Gasteiger partial charge on any atom is -0.444 e. The lowest BCUT2D eigenvalue weighted by molar-refractivity contribution is 0.0188. The number of imidazole rings is 1. The van der Waals surface area contributed by atoms with Gasteiger partial charge in [-0.25, -0.2) is 14.8 Å². The highest BCUT2D eigenvalue weighted by molar-refractivity contribution is 5.71. The number of hydrogen-bond acceptors (Lipinski definition) is 5. The zero-order chi connectivity index (χ0) is 17.3.